The second kappa shape index (κ2) is 5.64. The maximum absolute atomic E-state index is 11.9. The van der Waals surface area contributed by atoms with E-state index in [0.29, 0.717) is 19.0 Å². The lowest BCUT2D eigenvalue weighted by atomic mass is 10.3. The molecule has 1 fully saturated rings. The van der Waals surface area contributed by atoms with E-state index in [-0.39, 0.29) is 11.9 Å². The fourth-order valence-electron chi connectivity index (χ4n) is 1.83. The van der Waals surface area contributed by atoms with Gasteiger partial charge in [-0.05, 0) is 24.5 Å². The lowest BCUT2D eigenvalue weighted by Crippen LogP contribution is -2.26. The number of nitrogens with one attached hydrogen (secondary N) is 1. The summed E-state index contributed by atoms with van der Waals surface area (Å²) in [5, 5.41) is 0. The summed E-state index contributed by atoms with van der Waals surface area (Å²) in [5.41, 5.74) is 6.30. The molecule has 0 radical (unpaired) electrons. The molecule has 0 bridgehead atoms. The van der Waals surface area contributed by atoms with E-state index in [0.717, 1.165) is 18.4 Å². The lowest BCUT2D eigenvalue weighted by molar-refractivity contribution is 0.127. The Labute approximate surface area is 107 Å². The van der Waals surface area contributed by atoms with Crippen molar-refractivity contribution in [1.82, 2.24) is 4.98 Å². The molecule has 0 aromatic carbocycles. The zero-order valence-corrected chi connectivity index (χ0v) is 10.8. The minimum atomic E-state index is -3.41. The Morgan fingerprint density at radius 1 is 1.50 bits per heavy atom. The van der Waals surface area contributed by atoms with Gasteiger partial charge in [-0.2, -0.15) is 0 Å². The molecule has 7 heteroatoms. The summed E-state index contributed by atoms with van der Waals surface area (Å²) in [6.07, 6.45) is 3.07. The average molecular weight is 271 g/mol. The van der Waals surface area contributed by atoms with Crippen LogP contribution in [0.15, 0.2) is 18.3 Å². The fourth-order valence-corrected chi connectivity index (χ4v) is 3.10. The van der Waals surface area contributed by atoms with E-state index in [4.69, 9.17) is 10.5 Å². The van der Waals surface area contributed by atoms with Crippen molar-refractivity contribution in [3.8, 4) is 0 Å². The predicted molar refractivity (Wildman–Crippen MR) is 68.5 cm³/mol. The molecular formula is C11H17N3O3S. The van der Waals surface area contributed by atoms with Crippen molar-refractivity contribution in [1.29, 1.82) is 0 Å². The van der Waals surface area contributed by atoms with E-state index in [2.05, 4.69) is 9.71 Å². The number of nitrogens with two attached hydrogens (primary N) is 1. The molecule has 1 unspecified atom stereocenters. The van der Waals surface area contributed by atoms with Gasteiger partial charge >= 0.3 is 0 Å². The van der Waals surface area contributed by atoms with Crippen molar-refractivity contribution in [3.63, 3.8) is 0 Å². The Balaban J connectivity index is 1.97. The van der Waals surface area contributed by atoms with Crippen LogP contribution in [-0.4, -0.2) is 31.9 Å². The van der Waals surface area contributed by atoms with E-state index < -0.39 is 10.0 Å². The van der Waals surface area contributed by atoms with Crippen molar-refractivity contribution >= 4 is 15.8 Å². The third kappa shape index (κ3) is 3.66. The topological polar surface area (TPSA) is 94.3 Å². The molecule has 18 heavy (non-hydrogen) atoms. The normalized spacial score (nSPS) is 19.9. The molecule has 0 spiro atoms. The molecule has 0 aliphatic carbocycles. The largest absolute Gasteiger partial charge is 0.377 e. The Bertz CT molecular complexity index is 481. The summed E-state index contributed by atoms with van der Waals surface area (Å²) in [6, 6.07) is 3.35. The number of hydrogen-bond acceptors (Lipinski definition) is 5. The molecule has 1 atom stereocenters. The second-order valence-electron chi connectivity index (χ2n) is 4.27. The zero-order valence-electron chi connectivity index (χ0n) is 10.0. The highest BCUT2D eigenvalue weighted by Crippen LogP contribution is 2.15. The van der Waals surface area contributed by atoms with Crippen LogP contribution in [0.25, 0.3) is 0 Å². The molecule has 1 aliphatic heterocycles. The molecule has 100 valence electrons. The molecule has 2 heterocycles. The van der Waals surface area contributed by atoms with Gasteiger partial charge in [-0.15, -0.1) is 0 Å². The Kier molecular flexibility index (Phi) is 4.15. The number of rotatable bonds is 5. The second-order valence-corrected chi connectivity index (χ2v) is 6.04. The van der Waals surface area contributed by atoms with Gasteiger partial charge in [0.05, 0.1) is 11.9 Å². The summed E-state index contributed by atoms with van der Waals surface area (Å²) in [7, 11) is -3.41. The number of anilines is 1. The van der Waals surface area contributed by atoms with Crippen molar-refractivity contribution < 1.29 is 13.2 Å². The van der Waals surface area contributed by atoms with E-state index in [1.165, 1.54) is 0 Å². The highest BCUT2D eigenvalue weighted by atomic mass is 32.2. The monoisotopic (exact) mass is 271 g/mol. The molecule has 1 aromatic rings. The van der Waals surface area contributed by atoms with Crippen LogP contribution in [0.3, 0.4) is 0 Å². The van der Waals surface area contributed by atoms with Gasteiger partial charge in [-0.25, -0.2) is 13.4 Å². The van der Waals surface area contributed by atoms with Crippen LogP contribution in [-0.2, 0) is 21.3 Å². The fraction of sp³-hybridized carbons (Fsp3) is 0.545. The van der Waals surface area contributed by atoms with Gasteiger partial charge in [0, 0.05) is 19.3 Å². The third-order valence-electron chi connectivity index (χ3n) is 2.75. The van der Waals surface area contributed by atoms with Crippen LogP contribution in [0.2, 0.25) is 0 Å². The number of aromatic nitrogens is 1. The number of ether oxygens (including phenoxy) is 1. The zero-order chi connectivity index (χ0) is 13.0. The number of sulfonamides is 1. The first kappa shape index (κ1) is 13.3. The van der Waals surface area contributed by atoms with Gasteiger partial charge in [0.2, 0.25) is 10.0 Å². The van der Waals surface area contributed by atoms with Gasteiger partial charge in [-0.3, -0.25) is 4.72 Å². The molecule has 6 nitrogen and oxygen atoms in total. The van der Waals surface area contributed by atoms with E-state index >= 15 is 0 Å². The molecule has 1 aromatic heterocycles. The maximum Gasteiger partial charge on any atom is 0.236 e. The van der Waals surface area contributed by atoms with Crippen molar-refractivity contribution in [3.05, 3.63) is 23.9 Å². The van der Waals surface area contributed by atoms with Crippen LogP contribution in [0.4, 0.5) is 5.82 Å². The highest BCUT2D eigenvalue weighted by Gasteiger charge is 2.23. The summed E-state index contributed by atoms with van der Waals surface area (Å²) < 4.78 is 31.5. The Morgan fingerprint density at radius 3 is 2.89 bits per heavy atom. The van der Waals surface area contributed by atoms with Gasteiger partial charge in [-0.1, -0.05) is 6.07 Å². The van der Waals surface area contributed by atoms with E-state index in [1.54, 1.807) is 18.3 Å². The first-order valence-electron chi connectivity index (χ1n) is 5.86. The highest BCUT2D eigenvalue weighted by molar-refractivity contribution is 7.92. The quantitative estimate of drug-likeness (QED) is 0.811. The van der Waals surface area contributed by atoms with Crippen LogP contribution in [0, 0.1) is 0 Å². The minimum absolute atomic E-state index is 0.0205. The average Bonchev–Trinajstić information content (AvgIpc) is 2.81. The smallest absolute Gasteiger partial charge is 0.236 e. The van der Waals surface area contributed by atoms with Crippen LogP contribution >= 0.6 is 0 Å². The third-order valence-corrected chi connectivity index (χ3v) is 4.08. The standard InChI is InChI=1S/C11H17N3O3S/c12-6-9-3-4-11(13-7-9)14-18(15,16)8-10-2-1-5-17-10/h3-4,7,10H,1-2,5-6,8,12H2,(H,13,14). The molecule has 2 rings (SSSR count). The summed E-state index contributed by atoms with van der Waals surface area (Å²) >= 11 is 0. The van der Waals surface area contributed by atoms with Gasteiger partial charge < -0.3 is 10.5 Å². The Morgan fingerprint density at radius 2 is 2.33 bits per heavy atom. The Hall–Kier alpha value is -1.18. The first-order valence-corrected chi connectivity index (χ1v) is 7.51. The summed E-state index contributed by atoms with van der Waals surface area (Å²) in [4.78, 5) is 4.00. The summed E-state index contributed by atoms with van der Waals surface area (Å²) in [5.74, 6) is 0.290. The number of nitrogens with zero attached hydrogens (tertiary/aromatic N) is 1. The van der Waals surface area contributed by atoms with E-state index in [1.807, 2.05) is 0 Å². The molecule has 0 amide bonds. The van der Waals surface area contributed by atoms with Crippen LogP contribution < -0.4 is 10.5 Å². The SMILES string of the molecule is NCc1ccc(NS(=O)(=O)CC2CCCO2)nc1. The van der Waals surface area contributed by atoms with Gasteiger partial charge in [0.25, 0.3) is 0 Å². The summed E-state index contributed by atoms with van der Waals surface area (Å²) in [6.45, 7) is 1.03. The predicted octanol–water partition coefficient (Wildman–Crippen LogP) is 0.461. The van der Waals surface area contributed by atoms with Gasteiger partial charge in [0.15, 0.2) is 0 Å². The van der Waals surface area contributed by atoms with Crippen LogP contribution in [0.1, 0.15) is 18.4 Å². The number of hydrogen-bond donors (Lipinski definition) is 2. The lowest BCUT2D eigenvalue weighted by Gasteiger charge is -2.11. The van der Waals surface area contributed by atoms with Crippen molar-refractivity contribution in [2.24, 2.45) is 5.73 Å². The van der Waals surface area contributed by atoms with Gasteiger partial charge in [0.1, 0.15) is 5.82 Å². The van der Waals surface area contributed by atoms with E-state index in [9.17, 15) is 8.42 Å². The minimum Gasteiger partial charge on any atom is -0.377 e. The molecule has 0 saturated carbocycles. The van der Waals surface area contributed by atoms with Crippen LogP contribution in [0.5, 0.6) is 0 Å². The first-order chi connectivity index (χ1) is 8.59. The molecular weight excluding hydrogens is 254 g/mol. The molecule has 1 aliphatic rings. The molecule has 3 N–H and O–H groups in total. The maximum atomic E-state index is 11.9. The molecule has 1 saturated heterocycles. The van der Waals surface area contributed by atoms with Crippen molar-refractivity contribution in [2.75, 3.05) is 17.1 Å². The number of pyridine rings is 1. The van der Waals surface area contributed by atoms with Crippen molar-refractivity contribution in [2.45, 2.75) is 25.5 Å².